The van der Waals surface area contributed by atoms with Crippen molar-refractivity contribution in [3.05, 3.63) is 46.0 Å². The van der Waals surface area contributed by atoms with Gasteiger partial charge in [0.15, 0.2) is 0 Å². The lowest BCUT2D eigenvalue weighted by Crippen LogP contribution is -2.62. The van der Waals surface area contributed by atoms with Crippen LogP contribution in [0, 0.1) is 31.6 Å². The Kier molecular flexibility index (Phi) is 2.72. The Labute approximate surface area is 160 Å². The summed E-state index contributed by atoms with van der Waals surface area (Å²) in [5, 5.41) is 0. The van der Waals surface area contributed by atoms with Crippen molar-refractivity contribution in [1.82, 2.24) is 4.90 Å². The molecule has 0 amide bonds. The van der Waals surface area contributed by atoms with E-state index in [1.54, 1.807) is 5.57 Å². The number of fused-ring (bicyclic) bond motifs is 2. The quantitative estimate of drug-likeness (QED) is 0.664. The van der Waals surface area contributed by atoms with Gasteiger partial charge >= 0.3 is 0 Å². The molecule has 1 aromatic rings. The first kappa shape index (κ1) is 15.5. The van der Waals surface area contributed by atoms with Crippen LogP contribution in [0.15, 0.2) is 23.8 Å². The molecule has 2 saturated heterocycles. The van der Waals surface area contributed by atoms with Crippen LogP contribution in [0.5, 0.6) is 0 Å². The highest BCUT2D eigenvalue weighted by molar-refractivity contribution is 5.90. The van der Waals surface area contributed by atoms with E-state index in [0.29, 0.717) is 42.6 Å². The molecule has 7 atom stereocenters. The fraction of sp³-hybridized carbons (Fsp3) is 0.625. The van der Waals surface area contributed by atoms with Gasteiger partial charge in [-0.3, -0.25) is 9.69 Å². The van der Waals surface area contributed by atoms with E-state index in [9.17, 15) is 4.79 Å². The van der Waals surface area contributed by atoms with Gasteiger partial charge in [0.25, 0.3) is 0 Å². The summed E-state index contributed by atoms with van der Waals surface area (Å²) in [6.45, 7) is 7.48. The molecule has 2 bridgehead atoms. The van der Waals surface area contributed by atoms with Gasteiger partial charge in [0.05, 0.1) is 12.7 Å². The van der Waals surface area contributed by atoms with Gasteiger partial charge in [-0.05, 0) is 73.2 Å². The molecule has 4 fully saturated rings. The number of nitrogens with zero attached hydrogens (tertiary/aromatic N) is 1. The summed E-state index contributed by atoms with van der Waals surface area (Å²) in [5.74, 6) is 2.19. The number of aryl methyl sites for hydroxylation is 2. The van der Waals surface area contributed by atoms with Gasteiger partial charge in [-0.25, -0.2) is 0 Å². The smallest absolute Gasteiger partial charge is 0.143 e. The zero-order valence-electron chi connectivity index (χ0n) is 16.2. The van der Waals surface area contributed by atoms with E-state index >= 15 is 0 Å². The van der Waals surface area contributed by atoms with Gasteiger partial charge < -0.3 is 4.74 Å². The number of Topliss-reactive ketones (excluding diaryl/α,β-unsaturated/α-hetero) is 1. The highest BCUT2D eigenvalue weighted by Gasteiger charge is 2.71. The maximum absolute atomic E-state index is 13.4. The normalized spacial score (nSPS) is 46.1. The molecule has 6 aliphatic rings. The van der Waals surface area contributed by atoms with Crippen molar-refractivity contribution in [2.45, 2.75) is 56.6 Å². The maximum Gasteiger partial charge on any atom is 0.143 e. The first-order valence-electron chi connectivity index (χ1n) is 10.8. The van der Waals surface area contributed by atoms with Gasteiger partial charge in [0.2, 0.25) is 0 Å². The molecule has 1 aromatic carbocycles. The van der Waals surface area contributed by atoms with E-state index in [4.69, 9.17) is 4.74 Å². The monoisotopic (exact) mass is 361 g/mol. The van der Waals surface area contributed by atoms with E-state index in [0.717, 1.165) is 6.54 Å². The average molecular weight is 361 g/mol. The van der Waals surface area contributed by atoms with Crippen LogP contribution in [0.25, 0.3) is 0 Å². The molecule has 1 spiro atoms. The van der Waals surface area contributed by atoms with Crippen molar-refractivity contribution in [2.24, 2.45) is 17.8 Å². The number of hydrogen-bond acceptors (Lipinski definition) is 3. The van der Waals surface area contributed by atoms with Crippen molar-refractivity contribution in [3.8, 4) is 0 Å². The number of ether oxygens (including phenoxy) is 1. The van der Waals surface area contributed by atoms with E-state index < -0.39 is 0 Å². The van der Waals surface area contributed by atoms with Crippen molar-refractivity contribution in [2.75, 3.05) is 19.7 Å². The van der Waals surface area contributed by atoms with Crippen LogP contribution in [0.3, 0.4) is 0 Å². The lowest BCUT2D eigenvalue weighted by molar-refractivity contribution is -0.142. The summed E-state index contributed by atoms with van der Waals surface area (Å²) < 4.78 is 6.32. The highest BCUT2D eigenvalue weighted by Crippen LogP contribution is 2.70. The van der Waals surface area contributed by atoms with Crippen LogP contribution >= 0.6 is 0 Å². The molecule has 2 unspecified atom stereocenters. The molecule has 3 aliphatic carbocycles. The second-order valence-electron chi connectivity index (χ2n) is 10.0. The zero-order chi connectivity index (χ0) is 18.1. The molecule has 0 aromatic heterocycles. The summed E-state index contributed by atoms with van der Waals surface area (Å²) in [6.07, 6.45) is 5.63. The number of hydrogen-bond donors (Lipinski definition) is 0. The minimum absolute atomic E-state index is 0.117. The third kappa shape index (κ3) is 1.59. The van der Waals surface area contributed by atoms with Gasteiger partial charge in [-0.15, -0.1) is 0 Å². The first-order chi connectivity index (χ1) is 13.1. The van der Waals surface area contributed by atoms with Crippen LogP contribution in [0.1, 0.15) is 47.4 Å². The zero-order valence-corrected chi connectivity index (χ0v) is 16.2. The standard InChI is InChI=1S/C24H27NO2/c1-12-7-16-17(8-13(12)2)24-4-5-25-11-14-3-6-27-19-10-18(26)21(16)23(24)22(19)15(14)9-20(24)25/h3,7-8,15,19-23H,4-6,9-11H2,1-2H3/t15-,19-,20-,21?,22-,23?,24+/m0/s1. The third-order valence-electron chi connectivity index (χ3n) is 9.36. The molecule has 0 N–H and O–H groups in total. The Bertz CT molecular complexity index is 933. The van der Waals surface area contributed by atoms with Crippen LogP contribution < -0.4 is 0 Å². The first-order valence-corrected chi connectivity index (χ1v) is 10.8. The Balaban J connectivity index is 1.55. The fourth-order valence-electron chi connectivity index (χ4n) is 8.35. The molecule has 3 heteroatoms. The molecule has 27 heavy (non-hydrogen) atoms. The van der Waals surface area contributed by atoms with Crippen molar-refractivity contribution < 1.29 is 9.53 Å². The largest absolute Gasteiger partial charge is 0.373 e. The van der Waals surface area contributed by atoms with Gasteiger partial charge in [0, 0.05) is 30.3 Å². The number of ketones is 1. The summed E-state index contributed by atoms with van der Waals surface area (Å²) in [4.78, 5) is 16.2. The van der Waals surface area contributed by atoms with Crippen molar-refractivity contribution >= 4 is 5.78 Å². The number of piperidine rings is 1. The molecule has 7 rings (SSSR count). The Morgan fingerprint density at radius 2 is 2.07 bits per heavy atom. The van der Waals surface area contributed by atoms with Crippen molar-refractivity contribution in [3.63, 3.8) is 0 Å². The number of benzene rings is 1. The van der Waals surface area contributed by atoms with Crippen molar-refractivity contribution in [1.29, 1.82) is 0 Å². The molecule has 3 aliphatic heterocycles. The van der Waals surface area contributed by atoms with Crippen LogP contribution in [0.2, 0.25) is 0 Å². The van der Waals surface area contributed by atoms with E-state index in [2.05, 4.69) is 37.0 Å². The summed E-state index contributed by atoms with van der Waals surface area (Å²) >= 11 is 0. The summed E-state index contributed by atoms with van der Waals surface area (Å²) in [6, 6.07) is 5.47. The Morgan fingerprint density at radius 3 is 2.96 bits per heavy atom. The van der Waals surface area contributed by atoms with E-state index in [-0.39, 0.29) is 17.4 Å². The minimum Gasteiger partial charge on any atom is -0.373 e. The SMILES string of the molecule is Cc1cc2c(cc1C)[C@@]13CCN4CC5=CCO[C@H]6CC(=O)C2C1[C@H]6[C@H]5C[C@H]43. The third-order valence-corrected chi connectivity index (χ3v) is 9.36. The van der Waals surface area contributed by atoms with E-state index in [1.165, 1.54) is 41.6 Å². The molecule has 3 heterocycles. The lowest BCUT2D eigenvalue weighted by atomic mass is 9.49. The highest BCUT2D eigenvalue weighted by atomic mass is 16.5. The second kappa shape index (κ2) is 4.75. The summed E-state index contributed by atoms with van der Waals surface area (Å²) in [7, 11) is 0. The average Bonchev–Trinajstić information content (AvgIpc) is 3.10. The molecule has 0 radical (unpaired) electrons. The molecular formula is C24H27NO2. The number of carbonyl (C=O) groups excluding carboxylic acids is 1. The Morgan fingerprint density at radius 1 is 1.22 bits per heavy atom. The second-order valence-corrected chi connectivity index (χ2v) is 10.0. The maximum atomic E-state index is 13.4. The number of carbonyl (C=O) groups is 1. The van der Waals surface area contributed by atoms with Crippen LogP contribution in [-0.2, 0) is 14.9 Å². The van der Waals surface area contributed by atoms with E-state index in [1.807, 2.05) is 0 Å². The van der Waals surface area contributed by atoms with Gasteiger partial charge in [0.1, 0.15) is 5.78 Å². The summed E-state index contributed by atoms with van der Waals surface area (Å²) in [5.41, 5.74) is 7.46. The number of rotatable bonds is 0. The minimum atomic E-state index is 0.117. The van der Waals surface area contributed by atoms with Gasteiger partial charge in [-0.1, -0.05) is 23.8 Å². The fourth-order valence-corrected chi connectivity index (χ4v) is 8.35. The van der Waals surface area contributed by atoms with Crippen LogP contribution in [-0.4, -0.2) is 42.5 Å². The Hall–Kier alpha value is -1.45. The van der Waals surface area contributed by atoms with Gasteiger partial charge in [-0.2, -0.15) is 0 Å². The topological polar surface area (TPSA) is 29.5 Å². The molecular weight excluding hydrogens is 334 g/mol. The lowest BCUT2D eigenvalue weighted by Gasteiger charge is -2.58. The van der Waals surface area contributed by atoms with Crippen LogP contribution in [0.4, 0.5) is 0 Å². The molecule has 3 nitrogen and oxygen atoms in total. The molecule has 2 saturated carbocycles. The predicted octanol–water partition coefficient (Wildman–Crippen LogP) is 3.28. The molecule has 140 valence electrons. The predicted molar refractivity (Wildman–Crippen MR) is 103 cm³/mol.